The first-order valence-corrected chi connectivity index (χ1v) is 8.76. The Balaban J connectivity index is 1.66. The molecule has 2 aliphatic rings. The highest BCUT2D eigenvalue weighted by atomic mass is 16.5. The summed E-state index contributed by atoms with van der Waals surface area (Å²) in [6, 6.07) is 7.81. The molecule has 2 amide bonds. The summed E-state index contributed by atoms with van der Waals surface area (Å²) in [6.07, 6.45) is 2.58. The molecule has 0 aromatic heterocycles. The van der Waals surface area contributed by atoms with E-state index in [9.17, 15) is 9.59 Å². The fourth-order valence-corrected chi connectivity index (χ4v) is 3.80. The minimum Gasteiger partial charge on any atom is -0.383 e. The first-order valence-electron chi connectivity index (χ1n) is 8.76. The monoisotopic (exact) mass is 330 g/mol. The van der Waals surface area contributed by atoms with Crippen molar-refractivity contribution in [3.05, 3.63) is 35.4 Å². The molecular formula is C19H26N2O3. The quantitative estimate of drug-likeness (QED) is 0.829. The normalized spacial score (nSPS) is 23.5. The predicted octanol–water partition coefficient (Wildman–Crippen LogP) is 1.96. The summed E-state index contributed by atoms with van der Waals surface area (Å²) in [4.78, 5) is 29.2. The van der Waals surface area contributed by atoms with Crippen LogP contribution in [0.2, 0.25) is 0 Å². The van der Waals surface area contributed by atoms with Crippen molar-refractivity contribution < 1.29 is 14.3 Å². The second-order valence-electron chi connectivity index (χ2n) is 6.84. The Morgan fingerprint density at radius 1 is 1.21 bits per heavy atom. The summed E-state index contributed by atoms with van der Waals surface area (Å²) in [5.74, 6) is 0.230. The third kappa shape index (κ3) is 3.05. The second kappa shape index (κ2) is 6.93. The average molecular weight is 330 g/mol. The van der Waals surface area contributed by atoms with Crippen LogP contribution in [-0.2, 0) is 16.0 Å². The van der Waals surface area contributed by atoms with Crippen LogP contribution in [0.1, 0.15) is 35.7 Å². The van der Waals surface area contributed by atoms with E-state index in [0.717, 1.165) is 25.8 Å². The van der Waals surface area contributed by atoms with Gasteiger partial charge in [0.05, 0.1) is 12.0 Å². The van der Waals surface area contributed by atoms with Crippen molar-refractivity contribution in [2.45, 2.75) is 26.2 Å². The summed E-state index contributed by atoms with van der Waals surface area (Å²) in [6.45, 7) is 5.29. The smallest absolute Gasteiger partial charge is 0.253 e. The van der Waals surface area contributed by atoms with E-state index in [0.29, 0.717) is 31.8 Å². The largest absolute Gasteiger partial charge is 0.383 e. The zero-order chi connectivity index (χ0) is 17.2. The van der Waals surface area contributed by atoms with Gasteiger partial charge in [0.25, 0.3) is 5.91 Å². The van der Waals surface area contributed by atoms with E-state index in [1.165, 1.54) is 5.56 Å². The van der Waals surface area contributed by atoms with Crippen molar-refractivity contribution >= 4 is 11.8 Å². The van der Waals surface area contributed by atoms with E-state index in [-0.39, 0.29) is 17.2 Å². The number of aryl methyl sites for hydroxylation is 1. The average Bonchev–Trinajstić information content (AvgIpc) is 3.18. The first kappa shape index (κ1) is 17.0. The third-order valence-electron chi connectivity index (χ3n) is 5.42. The van der Waals surface area contributed by atoms with Crippen LogP contribution in [0.5, 0.6) is 0 Å². The summed E-state index contributed by atoms with van der Waals surface area (Å²) < 4.78 is 5.08. The SMILES string of the molecule is CCc1ccc(C(=O)N2CCC3(CCN(CCOC)C3=O)C2)cc1. The van der Waals surface area contributed by atoms with Crippen molar-refractivity contribution in [1.82, 2.24) is 9.80 Å². The minimum absolute atomic E-state index is 0.0395. The second-order valence-corrected chi connectivity index (χ2v) is 6.84. The van der Waals surface area contributed by atoms with Crippen LogP contribution in [0.15, 0.2) is 24.3 Å². The highest BCUT2D eigenvalue weighted by Gasteiger charge is 2.51. The summed E-state index contributed by atoms with van der Waals surface area (Å²) >= 11 is 0. The number of amides is 2. The Morgan fingerprint density at radius 3 is 2.58 bits per heavy atom. The molecule has 0 aliphatic carbocycles. The van der Waals surface area contributed by atoms with E-state index in [4.69, 9.17) is 4.74 Å². The number of hydrogen-bond donors (Lipinski definition) is 0. The van der Waals surface area contributed by atoms with Gasteiger partial charge >= 0.3 is 0 Å². The van der Waals surface area contributed by atoms with Crippen LogP contribution in [-0.4, -0.2) is 61.5 Å². The maximum absolute atomic E-state index is 12.8. The lowest BCUT2D eigenvalue weighted by Crippen LogP contribution is -2.39. The van der Waals surface area contributed by atoms with Gasteiger partial charge in [0.1, 0.15) is 0 Å². The fourth-order valence-electron chi connectivity index (χ4n) is 3.80. The number of hydrogen-bond acceptors (Lipinski definition) is 3. The third-order valence-corrected chi connectivity index (χ3v) is 5.42. The van der Waals surface area contributed by atoms with Gasteiger partial charge in [0.15, 0.2) is 0 Å². The molecule has 0 radical (unpaired) electrons. The molecule has 2 fully saturated rings. The highest BCUT2D eigenvalue weighted by Crippen LogP contribution is 2.41. The van der Waals surface area contributed by atoms with Gasteiger partial charge < -0.3 is 14.5 Å². The Bertz CT molecular complexity index is 614. The van der Waals surface area contributed by atoms with Gasteiger partial charge in [-0.15, -0.1) is 0 Å². The Labute approximate surface area is 143 Å². The molecule has 3 rings (SSSR count). The van der Waals surface area contributed by atoms with Gasteiger partial charge in [-0.1, -0.05) is 19.1 Å². The summed E-state index contributed by atoms with van der Waals surface area (Å²) in [5, 5.41) is 0. The number of carbonyl (C=O) groups excluding carboxylic acids is 2. The Morgan fingerprint density at radius 2 is 1.92 bits per heavy atom. The minimum atomic E-state index is -0.368. The maximum atomic E-state index is 12.8. The standard InChI is InChI=1S/C19H26N2O3/c1-3-15-4-6-16(7-5-15)17(22)21-11-9-19(14-21)8-10-20(18(19)23)12-13-24-2/h4-7H,3,8-14H2,1-2H3. The van der Waals surface area contributed by atoms with E-state index in [1.807, 2.05) is 34.1 Å². The molecule has 1 unspecified atom stereocenters. The van der Waals surface area contributed by atoms with Gasteiger partial charge in [-0.25, -0.2) is 0 Å². The zero-order valence-corrected chi connectivity index (χ0v) is 14.6. The molecule has 0 N–H and O–H groups in total. The summed E-state index contributed by atoms with van der Waals surface area (Å²) in [5.41, 5.74) is 1.57. The van der Waals surface area contributed by atoms with Crippen molar-refractivity contribution in [3.8, 4) is 0 Å². The van der Waals surface area contributed by atoms with E-state index >= 15 is 0 Å². The van der Waals surface area contributed by atoms with Gasteiger partial charge in [-0.2, -0.15) is 0 Å². The van der Waals surface area contributed by atoms with E-state index in [2.05, 4.69) is 6.92 Å². The fraction of sp³-hybridized carbons (Fsp3) is 0.579. The number of benzene rings is 1. The van der Waals surface area contributed by atoms with Crippen molar-refractivity contribution in [3.63, 3.8) is 0 Å². The zero-order valence-electron chi connectivity index (χ0n) is 14.6. The molecule has 5 heteroatoms. The highest BCUT2D eigenvalue weighted by molar-refractivity contribution is 5.95. The summed E-state index contributed by atoms with van der Waals surface area (Å²) in [7, 11) is 1.65. The van der Waals surface area contributed by atoms with Gasteiger partial charge in [-0.3, -0.25) is 9.59 Å². The van der Waals surface area contributed by atoms with Crippen molar-refractivity contribution in [2.24, 2.45) is 5.41 Å². The first-order chi connectivity index (χ1) is 11.6. The lowest BCUT2D eigenvalue weighted by Gasteiger charge is -2.23. The van der Waals surface area contributed by atoms with Gasteiger partial charge in [0, 0.05) is 38.9 Å². The number of ether oxygens (including phenoxy) is 1. The van der Waals surface area contributed by atoms with E-state index < -0.39 is 0 Å². The van der Waals surface area contributed by atoms with Crippen LogP contribution in [0.3, 0.4) is 0 Å². The van der Waals surface area contributed by atoms with Gasteiger partial charge in [-0.05, 0) is 37.0 Å². The molecule has 2 saturated heterocycles. The molecule has 130 valence electrons. The number of nitrogens with zero attached hydrogens (tertiary/aromatic N) is 2. The molecule has 2 heterocycles. The predicted molar refractivity (Wildman–Crippen MR) is 91.8 cm³/mol. The van der Waals surface area contributed by atoms with Crippen LogP contribution < -0.4 is 0 Å². The topological polar surface area (TPSA) is 49.9 Å². The van der Waals surface area contributed by atoms with Crippen molar-refractivity contribution in [1.29, 1.82) is 0 Å². The molecule has 5 nitrogen and oxygen atoms in total. The molecule has 1 spiro atoms. The lowest BCUT2D eigenvalue weighted by molar-refractivity contribution is -0.135. The molecular weight excluding hydrogens is 304 g/mol. The molecule has 24 heavy (non-hydrogen) atoms. The Hall–Kier alpha value is -1.88. The van der Waals surface area contributed by atoms with E-state index in [1.54, 1.807) is 7.11 Å². The number of likely N-dealkylation sites (tertiary alicyclic amines) is 2. The molecule has 1 aromatic rings. The molecule has 0 bridgehead atoms. The maximum Gasteiger partial charge on any atom is 0.253 e. The molecule has 1 atom stereocenters. The number of rotatable bonds is 5. The molecule has 0 saturated carbocycles. The van der Waals surface area contributed by atoms with Crippen LogP contribution in [0, 0.1) is 5.41 Å². The van der Waals surface area contributed by atoms with Crippen LogP contribution >= 0.6 is 0 Å². The lowest BCUT2D eigenvalue weighted by atomic mass is 9.85. The Kier molecular flexibility index (Phi) is 4.90. The molecule has 2 aliphatic heterocycles. The van der Waals surface area contributed by atoms with Crippen LogP contribution in [0.4, 0.5) is 0 Å². The van der Waals surface area contributed by atoms with Crippen molar-refractivity contribution in [2.75, 3.05) is 39.9 Å². The van der Waals surface area contributed by atoms with Gasteiger partial charge in [0.2, 0.25) is 5.91 Å². The number of methoxy groups -OCH3 is 1. The van der Waals surface area contributed by atoms with Crippen LogP contribution in [0.25, 0.3) is 0 Å². The molecule has 1 aromatic carbocycles. The number of carbonyl (C=O) groups is 2.